The van der Waals surface area contributed by atoms with Gasteiger partial charge in [-0.25, -0.2) is 4.79 Å². The van der Waals surface area contributed by atoms with Gasteiger partial charge >= 0.3 is 6.03 Å². The Balaban J connectivity index is 2.65. The Hall–Kier alpha value is -1.10. The number of nitrogens with zero attached hydrogens (tertiary/aromatic N) is 1. The average Bonchev–Trinajstić information content (AvgIpc) is 2.31. The van der Waals surface area contributed by atoms with Crippen molar-refractivity contribution in [1.29, 1.82) is 0 Å². The smallest absolute Gasteiger partial charge is 0.324 e. The highest BCUT2D eigenvalue weighted by atomic mass is 16.3. The van der Waals surface area contributed by atoms with E-state index in [2.05, 4.69) is 5.32 Å². The van der Waals surface area contributed by atoms with E-state index in [9.17, 15) is 9.59 Å². The van der Waals surface area contributed by atoms with Crippen LogP contribution in [0.2, 0.25) is 0 Å². The van der Waals surface area contributed by atoms with Gasteiger partial charge in [0.15, 0.2) is 0 Å². The quantitative estimate of drug-likeness (QED) is 0.594. The van der Waals surface area contributed by atoms with E-state index in [-0.39, 0.29) is 12.5 Å². The van der Waals surface area contributed by atoms with Crippen molar-refractivity contribution in [2.45, 2.75) is 32.4 Å². The van der Waals surface area contributed by atoms with Crippen LogP contribution in [0.1, 0.15) is 20.3 Å². The van der Waals surface area contributed by atoms with Crippen molar-refractivity contribution in [3.8, 4) is 0 Å². The molecule has 1 heterocycles. The van der Waals surface area contributed by atoms with Gasteiger partial charge in [0.2, 0.25) is 0 Å². The Morgan fingerprint density at radius 3 is 2.62 bits per heavy atom. The van der Waals surface area contributed by atoms with Gasteiger partial charge in [-0.05, 0) is 13.3 Å². The third-order valence-corrected chi connectivity index (χ3v) is 1.96. The highest BCUT2D eigenvalue weighted by Crippen LogP contribution is 2.09. The van der Waals surface area contributed by atoms with Crippen molar-refractivity contribution in [3.05, 3.63) is 0 Å². The molecule has 0 bridgehead atoms. The van der Waals surface area contributed by atoms with Gasteiger partial charge in [-0.1, -0.05) is 6.92 Å². The normalized spacial score (nSPS) is 24.8. The number of carbonyl (C=O) groups excluding carboxylic acids is 2. The molecule has 5 nitrogen and oxygen atoms in total. The zero-order valence-electron chi connectivity index (χ0n) is 7.78. The lowest BCUT2D eigenvalue weighted by molar-refractivity contribution is -0.128. The SMILES string of the molecule is CCC1NC(=O)N(C[C@@H](C)O)C1=O. The molecule has 0 spiro atoms. The van der Waals surface area contributed by atoms with Gasteiger partial charge in [0.05, 0.1) is 12.6 Å². The van der Waals surface area contributed by atoms with Gasteiger partial charge < -0.3 is 10.4 Å². The maximum absolute atomic E-state index is 11.4. The molecule has 1 fully saturated rings. The third kappa shape index (κ3) is 1.98. The monoisotopic (exact) mass is 186 g/mol. The molecule has 1 aliphatic rings. The Labute approximate surface area is 76.7 Å². The van der Waals surface area contributed by atoms with E-state index in [1.165, 1.54) is 0 Å². The van der Waals surface area contributed by atoms with Gasteiger partial charge in [-0.2, -0.15) is 0 Å². The fourth-order valence-corrected chi connectivity index (χ4v) is 1.29. The summed E-state index contributed by atoms with van der Waals surface area (Å²) >= 11 is 0. The summed E-state index contributed by atoms with van der Waals surface area (Å²) in [6.45, 7) is 3.44. The number of β-amino-alcohol motifs (C(OH)–C–C–N with tert-alkyl or cyclic N) is 1. The molecule has 0 radical (unpaired) electrons. The summed E-state index contributed by atoms with van der Waals surface area (Å²) in [5.74, 6) is -0.242. The van der Waals surface area contributed by atoms with Gasteiger partial charge in [0, 0.05) is 0 Å². The van der Waals surface area contributed by atoms with Crippen LogP contribution in [-0.4, -0.2) is 40.6 Å². The van der Waals surface area contributed by atoms with E-state index in [1.54, 1.807) is 6.92 Å². The topological polar surface area (TPSA) is 69.6 Å². The number of aliphatic hydroxyl groups excluding tert-OH is 1. The summed E-state index contributed by atoms with van der Waals surface area (Å²) in [5, 5.41) is 11.6. The van der Waals surface area contributed by atoms with E-state index in [0.717, 1.165) is 4.90 Å². The Bertz CT molecular complexity index is 227. The molecule has 0 aromatic rings. The fraction of sp³-hybridized carbons (Fsp3) is 0.750. The molecule has 1 rings (SSSR count). The van der Waals surface area contributed by atoms with Gasteiger partial charge in [-0.3, -0.25) is 9.69 Å². The average molecular weight is 186 g/mol. The first-order valence-electron chi connectivity index (χ1n) is 4.36. The fourth-order valence-electron chi connectivity index (χ4n) is 1.29. The Morgan fingerprint density at radius 2 is 2.23 bits per heavy atom. The van der Waals surface area contributed by atoms with Crippen LogP contribution in [0.5, 0.6) is 0 Å². The molecular formula is C8H14N2O3. The summed E-state index contributed by atoms with van der Waals surface area (Å²) in [4.78, 5) is 23.6. The molecule has 5 heteroatoms. The maximum atomic E-state index is 11.4. The van der Waals surface area contributed by atoms with E-state index < -0.39 is 18.2 Å². The second-order valence-corrected chi connectivity index (χ2v) is 3.21. The molecule has 1 aliphatic heterocycles. The second kappa shape index (κ2) is 3.74. The van der Waals surface area contributed by atoms with Crippen LogP contribution in [0, 0.1) is 0 Å². The van der Waals surface area contributed by atoms with Crippen molar-refractivity contribution in [1.82, 2.24) is 10.2 Å². The molecule has 13 heavy (non-hydrogen) atoms. The number of hydrogen-bond donors (Lipinski definition) is 2. The minimum absolute atomic E-state index is 0.0706. The molecular weight excluding hydrogens is 172 g/mol. The minimum atomic E-state index is -0.676. The number of aliphatic hydroxyl groups is 1. The number of nitrogens with one attached hydrogen (secondary N) is 1. The molecule has 3 amide bonds. The van der Waals surface area contributed by atoms with Crippen LogP contribution >= 0.6 is 0 Å². The van der Waals surface area contributed by atoms with Crippen molar-refractivity contribution < 1.29 is 14.7 Å². The number of rotatable bonds is 3. The van der Waals surface area contributed by atoms with Crippen molar-refractivity contribution >= 4 is 11.9 Å². The highest BCUT2D eigenvalue weighted by molar-refractivity contribution is 6.04. The zero-order valence-corrected chi connectivity index (χ0v) is 7.78. The standard InChI is InChI=1S/C8H14N2O3/c1-3-6-7(12)10(4-5(2)11)8(13)9-6/h5-6,11H,3-4H2,1-2H3,(H,9,13)/t5-,6?/m1/s1. The zero-order chi connectivity index (χ0) is 10.0. The van der Waals surface area contributed by atoms with E-state index in [4.69, 9.17) is 5.11 Å². The van der Waals surface area contributed by atoms with Crippen molar-refractivity contribution in [2.75, 3.05) is 6.54 Å². The summed E-state index contributed by atoms with van der Waals surface area (Å²) in [7, 11) is 0. The largest absolute Gasteiger partial charge is 0.392 e. The van der Waals surface area contributed by atoms with E-state index >= 15 is 0 Å². The molecule has 0 aromatic carbocycles. The molecule has 0 aliphatic carbocycles. The Morgan fingerprint density at radius 1 is 1.62 bits per heavy atom. The number of carbonyl (C=O) groups is 2. The molecule has 0 saturated carbocycles. The lowest BCUT2D eigenvalue weighted by Gasteiger charge is -2.14. The van der Waals surface area contributed by atoms with Crippen LogP contribution in [0.3, 0.4) is 0 Å². The van der Waals surface area contributed by atoms with Gasteiger partial charge in [-0.15, -0.1) is 0 Å². The molecule has 74 valence electrons. The van der Waals surface area contributed by atoms with Gasteiger partial charge in [0.1, 0.15) is 6.04 Å². The highest BCUT2D eigenvalue weighted by Gasteiger charge is 2.36. The first-order valence-corrected chi connectivity index (χ1v) is 4.36. The lowest BCUT2D eigenvalue weighted by atomic mass is 10.2. The van der Waals surface area contributed by atoms with E-state index in [1.807, 2.05) is 6.92 Å². The van der Waals surface area contributed by atoms with Crippen molar-refractivity contribution in [3.63, 3.8) is 0 Å². The number of urea groups is 1. The third-order valence-electron chi connectivity index (χ3n) is 1.96. The molecule has 2 atom stereocenters. The molecule has 0 aromatic heterocycles. The first-order chi connectivity index (χ1) is 6.06. The van der Waals surface area contributed by atoms with Crippen LogP contribution in [0.15, 0.2) is 0 Å². The summed E-state index contributed by atoms with van der Waals surface area (Å²) in [6, 6.07) is -0.816. The predicted octanol–water partition coefficient (Wildman–Crippen LogP) is -0.302. The lowest BCUT2D eigenvalue weighted by Crippen LogP contribution is -2.36. The Kier molecular flexibility index (Phi) is 2.87. The minimum Gasteiger partial charge on any atom is -0.392 e. The molecule has 2 N–H and O–H groups in total. The summed E-state index contributed by atoms with van der Waals surface area (Å²) < 4.78 is 0. The first kappa shape index (κ1) is 9.98. The van der Waals surface area contributed by atoms with Crippen LogP contribution in [0.4, 0.5) is 4.79 Å². The van der Waals surface area contributed by atoms with Crippen molar-refractivity contribution in [2.24, 2.45) is 0 Å². The second-order valence-electron chi connectivity index (χ2n) is 3.21. The van der Waals surface area contributed by atoms with Crippen LogP contribution < -0.4 is 5.32 Å². The van der Waals surface area contributed by atoms with Crippen LogP contribution in [-0.2, 0) is 4.79 Å². The number of amides is 3. The number of hydrogen-bond acceptors (Lipinski definition) is 3. The predicted molar refractivity (Wildman–Crippen MR) is 46.0 cm³/mol. The molecule has 1 saturated heterocycles. The van der Waals surface area contributed by atoms with Gasteiger partial charge in [0.25, 0.3) is 5.91 Å². The van der Waals surface area contributed by atoms with E-state index in [0.29, 0.717) is 6.42 Å². The summed E-state index contributed by atoms with van der Waals surface area (Å²) in [5.41, 5.74) is 0. The number of imide groups is 1. The van der Waals surface area contributed by atoms with Crippen LogP contribution in [0.25, 0.3) is 0 Å². The molecule has 1 unspecified atom stereocenters. The summed E-state index contributed by atoms with van der Waals surface area (Å²) in [6.07, 6.45) is -0.0914. The maximum Gasteiger partial charge on any atom is 0.324 e.